The van der Waals surface area contributed by atoms with E-state index in [4.69, 9.17) is 0 Å². The van der Waals surface area contributed by atoms with Crippen LogP contribution in [0.1, 0.15) is 11.1 Å². The summed E-state index contributed by atoms with van der Waals surface area (Å²) < 4.78 is 39.0. The number of alkyl halides is 3. The van der Waals surface area contributed by atoms with Crippen molar-refractivity contribution in [1.82, 2.24) is 5.32 Å². The number of nitrogens with one attached hydrogen (secondary N) is 1. The van der Waals surface area contributed by atoms with Gasteiger partial charge in [0.25, 0.3) is 0 Å². The van der Waals surface area contributed by atoms with Crippen LogP contribution in [0, 0.1) is 0 Å². The lowest BCUT2D eigenvalue weighted by molar-refractivity contribution is -0.137. The van der Waals surface area contributed by atoms with E-state index >= 15 is 0 Å². The molecular formula is C17H15F3N2. The van der Waals surface area contributed by atoms with Gasteiger partial charge in [-0.1, -0.05) is 36.4 Å². The first-order valence-corrected chi connectivity index (χ1v) is 7.07. The van der Waals surface area contributed by atoms with Crippen LogP contribution in [0.5, 0.6) is 0 Å². The molecule has 1 N–H and O–H groups in total. The Kier molecular flexibility index (Phi) is 3.88. The van der Waals surface area contributed by atoms with E-state index in [0.29, 0.717) is 12.0 Å². The van der Waals surface area contributed by atoms with Gasteiger partial charge < -0.3 is 5.32 Å². The number of nitrogens with zero attached hydrogens (tertiary/aromatic N) is 1. The Bertz CT molecular complexity index is 691. The Morgan fingerprint density at radius 3 is 2.45 bits per heavy atom. The quantitative estimate of drug-likeness (QED) is 0.913. The molecule has 2 aromatic carbocycles. The van der Waals surface area contributed by atoms with Crippen LogP contribution in [-0.4, -0.2) is 18.9 Å². The molecule has 0 saturated carbocycles. The largest absolute Gasteiger partial charge is 0.416 e. The Hall–Kier alpha value is -2.30. The Morgan fingerprint density at radius 2 is 1.82 bits per heavy atom. The van der Waals surface area contributed by atoms with E-state index in [-0.39, 0.29) is 0 Å². The molecule has 0 spiro atoms. The van der Waals surface area contributed by atoms with Crippen LogP contribution in [0.4, 0.5) is 13.2 Å². The summed E-state index contributed by atoms with van der Waals surface area (Å²) in [5.41, 5.74) is 1.60. The monoisotopic (exact) mass is 304 g/mol. The maximum atomic E-state index is 13.0. The maximum absolute atomic E-state index is 13.0. The minimum Gasteiger partial charge on any atom is -0.372 e. The molecule has 0 fully saturated rings. The SMILES string of the molecule is FC(F)(F)c1ccc(CC2=NCCN2)c(-c2ccccc2)c1. The zero-order chi connectivity index (χ0) is 15.6. The van der Waals surface area contributed by atoms with Crippen molar-refractivity contribution in [3.8, 4) is 11.1 Å². The van der Waals surface area contributed by atoms with E-state index in [1.54, 1.807) is 6.07 Å². The molecular weight excluding hydrogens is 289 g/mol. The third kappa shape index (κ3) is 3.13. The molecule has 0 saturated heterocycles. The lowest BCUT2D eigenvalue weighted by Crippen LogP contribution is -2.21. The molecule has 1 aliphatic rings. The second-order valence-electron chi connectivity index (χ2n) is 5.17. The molecule has 2 nitrogen and oxygen atoms in total. The molecule has 0 unspecified atom stereocenters. The summed E-state index contributed by atoms with van der Waals surface area (Å²) in [7, 11) is 0. The van der Waals surface area contributed by atoms with Gasteiger partial charge in [-0.15, -0.1) is 0 Å². The van der Waals surface area contributed by atoms with Gasteiger partial charge in [-0.25, -0.2) is 0 Å². The van der Waals surface area contributed by atoms with Crippen molar-refractivity contribution < 1.29 is 13.2 Å². The van der Waals surface area contributed by atoms with Crippen LogP contribution in [0.25, 0.3) is 11.1 Å². The van der Waals surface area contributed by atoms with Crippen molar-refractivity contribution in [2.75, 3.05) is 13.1 Å². The van der Waals surface area contributed by atoms with Gasteiger partial charge in [0.15, 0.2) is 0 Å². The lowest BCUT2D eigenvalue weighted by atomic mass is 9.95. The fourth-order valence-corrected chi connectivity index (χ4v) is 2.54. The molecule has 0 aliphatic carbocycles. The van der Waals surface area contributed by atoms with Crippen LogP contribution in [0.3, 0.4) is 0 Å². The fraction of sp³-hybridized carbons (Fsp3) is 0.235. The van der Waals surface area contributed by atoms with Gasteiger partial charge in [-0.2, -0.15) is 13.2 Å². The Balaban J connectivity index is 2.05. The molecule has 0 aromatic heterocycles. The highest BCUT2D eigenvalue weighted by Crippen LogP contribution is 2.34. The standard InChI is InChI=1S/C17H15F3N2/c18-17(19,20)14-7-6-13(10-16-21-8-9-22-16)15(11-14)12-4-2-1-3-5-12/h1-7,11H,8-10H2,(H,21,22). The molecule has 5 heteroatoms. The summed E-state index contributed by atoms with van der Waals surface area (Å²) in [6.45, 7) is 1.51. The predicted molar refractivity (Wildman–Crippen MR) is 80.9 cm³/mol. The average Bonchev–Trinajstić information content (AvgIpc) is 3.00. The minimum atomic E-state index is -4.34. The van der Waals surface area contributed by atoms with Crippen molar-refractivity contribution in [1.29, 1.82) is 0 Å². The molecule has 1 aliphatic heterocycles. The zero-order valence-corrected chi connectivity index (χ0v) is 11.8. The number of hydrogen-bond donors (Lipinski definition) is 1. The predicted octanol–water partition coefficient (Wildman–Crippen LogP) is 3.92. The third-order valence-electron chi connectivity index (χ3n) is 3.62. The first-order chi connectivity index (χ1) is 10.5. The molecule has 114 valence electrons. The molecule has 1 heterocycles. The minimum absolute atomic E-state index is 0.516. The number of benzene rings is 2. The summed E-state index contributed by atoms with van der Waals surface area (Å²) in [5.74, 6) is 0.830. The first-order valence-electron chi connectivity index (χ1n) is 7.07. The maximum Gasteiger partial charge on any atom is 0.416 e. The van der Waals surface area contributed by atoms with Crippen molar-refractivity contribution in [3.05, 3.63) is 59.7 Å². The topological polar surface area (TPSA) is 24.4 Å². The van der Waals surface area contributed by atoms with Gasteiger partial charge in [0.2, 0.25) is 0 Å². The Labute approximate surface area is 126 Å². The molecule has 2 aromatic rings. The summed E-state index contributed by atoms with van der Waals surface area (Å²) in [4.78, 5) is 4.32. The normalized spacial score (nSPS) is 14.6. The van der Waals surface area contributed by atoms with Crippen molar-refractivity contribution in [2.45, 2.75) is 12.6 Å². The van der Waals surface area contributed by atoms with Gasteiger partial charge >= 0.3 is 6.18 Å². The second kappa shape index (κ2) is 5.83. The van der Waals surface area contributed by atoms with Crippen molar-refractivity contribution in [3.63, 3.8) is 0 Å². The number of aliphatic imine (C=N–C) groups is 1. The second-order valence-corrected chi connectivity index (χ2v) is 5.17. The van der Waals surface area contributed by atoms with E-state index in [0.717, 1.165) is 36.1 Å². The van der Waals surface area contributed by atoms with Gasteiger partial charge in [-0.05, 0) is 28.8 Å². The smallest absolute Gasteiger partial charge is 0.372 e. The van der Waals surface area contributed by atoms with Gasteiger partial charge in [-0.3, -0.25) is 4.99 Å². The van der Waals surface area contributed by atoms with Gasteiger partial charge in [0.05, 0.1) is 12.1 Å². The van der Waals surface area contributed by atoms with Gasteiger partial charge in [0.1, 0.15) is 5.84 Å². The lowest BCUT2D eigenvalue weighted by Gasteiger charge is -2.14. The molecule has 0 atom stereocenters. The van der Waals surface area contributed by atoms with Gasteiger partial charge in [0, 0.05) is 13.0 Å². The van der Waals surface area contributed by atoms with Crippen LogP contribution in [0.15, 0.2) is 53.5 Å². The van der Waals surface area contributed by atoms with E-state index in [9.17, 15) is 13.2 Å². The summed E-state index contributed by atoms with van der Waals surface area (Å²) >= 11 is 0. The highest BCUT2D eigenvalue weighted by Gasteiger charge is 2.31. The highest BCUT2D eigenvalue weighted by molar-refractivity contribution is 5.87. The Morgan fingerprint density at radius 1 is 1.05 bits per heavy atom. The molecule has 0 bridgehead atoms. The van der Waals surface area contributed by atoms with Crippen molar-refractivity contribution >= 4 is 5.84 Å². The first kappa shape index (κ1) is 14.6. The number of halogens is 3. The number of rotatable bonds is 3. The molecule has 3 rings (SSSR count). The van der Waals surface area contributed by atoms with E-state index < -0.39 is 11.7 Å². The molecule has 22 heavy (non-hydrogen) atoms. The third-order valence-corrected chi connectivity index (χ3v) is 3.62. The number of hydrogen-bond acceptors (Lipinski definition) is 2. The zero-order valence-electron chi connectivity index (χ0n) is 11.8. The van der Waals surface area contributed by atoms with Crippen LogP contribution < -0.4 is 5.32 Å². The van der Waals surface area contributed by atoms with Crippen molar-refractivity contribution in [2.24, 2.45) is 4.99 Å². The summed E-state index contributed by atoms with van der Waals surface area (Å²) in [6, 6.07) is 13.0. The van der Waals surface area contributed by atoms with Crippen LogP contribution in [0.2, 0.25) is 0 Å². The fourth-order valence-electron chi connectivity index (χ4n) is 2.54. The number of amidine groups is 1. The van der Waals surface area contributed by atoms with E-state index in [2.05, 4.69) is 10.3 Å². The van der Waals surface area contributed by atoms with E-state index in [1.165, 1.54) is 6.07 Å². The average molecular weight is 304 g/mol. The molecule has 0 amide bonds. The van der Waals surface area contributed by atoms with Crippen LogP contribution in [-0.2, 0) is 12.6 Å². The van der Waals surface area contributed by atoms with E-state index in [1.807, 2.05) is 30.3 Å². The summed E-state index contributed by atoms with van der Waals surface area (Å²) in [5, 5.41) is 3.16. The molecule has 0 radical (unpaired) electrons. The van der Waals surface area contributed by atoms with Crippen LogP contribution >= 0.6 is 0 Å². The highest BCUT2D eigenvalue weighted by atomic mass is 19.4. The summed E-state index contributed by atoms with van der Waals surface area (Å²) in [6.07, 6.45) is -3.83.